The van der Waals surface area contributed by atoms with Crippen LogP contribution in [0.25, 0.3) is 22.3 Å². The Morgan fingerprint density at radius 2 is 1.31 bits per heavy atom. The first-order valence-corrected chi connectivity index (χ1v) is 12.6. The van der Waals surface area contributed by atoms with Crippen molar-refractivity contribution in [2.45, 2.75) is 65.3 Å². The molecule has 0 bridgehead atoms. The van der Waals surface area contributed by atoms with Gasteiger partial charge >= 0.3 is 0 Å². The summed E-state index contributed by atoms with van der Waals surface area (Å²) in [5, 5.41) is 0. The SMILES string of the molecule is [2H]C(C)(C)c1ccc2c(c1N(c1ccccc1-c1ccccc1)C(C)(C)C)C(C)(C)c1ccccc1-2. The van der Waals surface area contributed by atoms with Gasteiger partial charge in [-0.1, -0.05) is 113 Å². The Balaban J connectivity index is 1.90. The highest BCUT2D eigenvalue weighted by Gasteiger charge is 2.41. The monoisotopic (exact) mass is 460 g/mol. The van der Waals surface area contributed by atoms with Crippen LogP contribution in [-0.4, -0.2) is 5.54 Å². The third-order valence-corrected chi connectivity index (χ3v) is 7.36. The van der Waals surface area contributed by atoms with Crippen LogP contribution in [0.3, 0.4) is 0 Å². The van der Waals surface area contributed by atoms with E-state index in [2.05, 4.69) is 131 Å². The lowest BCUT2D eigenvalue weighted by atomic mass is 9.78. The van der Waals surface area contributed by atoms with E-state index < -0.39 is 5.89 Å². The summed E-state index contributed by atoms with van der Waals surface area (Å²) in [6.07, 6.45) is 0. The molecule has 0 radical (unpaired) electrons. The van der Waals surface area contributed by atoms with Crippen molar-refractivity contribution in [1.82, 2.24) is 0 Å². The lowest BCUT2D eigenvalue weighted by Gasteiger charge is -2.43. The van der Waals surface area contributed by atoms with Gasteiger partial charge in [0.1, 0.15) is 0 Å². The quantitative estimate of drug-likeness (QED) is 0.293. The van der Waals surface area contributed by atoms with Gasteiger partial charge in [0.25, 0.3) is 0 Å². The van der Waals surface area contributed by atoms with Crippen LogP contribution in [-0.2, 0) is 5.41 Å². The lowest BCUT2D eigenvalue weighted by Crippen LogP contribution is -2.40. The van der Waals surface area contributed by atoms with Crippen molar-refractivity contribution in [3.63, 3.8) is 0 Å². The zero-order valence-electron chi connectivity index (χ0n) is 23.1. The second kappa shape index (κ2) is 8.41. The van der Waals surface area contributed by atoms with E-state index in [9.17, 15) is 1.37 Å². The van der Waals surface area contributed by atoms with Gasteiger partial charge < -0.3 is 4.90 Å². The average Bonchev–Trinajstić information content (AvgIpc) is 3.06. The van der Waals surface area contributed by atoms with Gasteiger partial charge in [-0.25, -0.2) is 0 Å². The molecule has 5 rings (SSSR count). The Morgan fingerprint density at radius 1 is 0.714 bits per heavy atom. The van der Waals surface area contributed by atoms with Crippen molar-refractivity contribution in [3.05, 3.63) is 108 Å². The topological polar surface area (TPSA) is 3.24 Å². The van der Waals surface area contributed by atoms with Gasteiger partial charge in [0, 0.05) is 29.3 Å². The van der Waals surface area contributed by atoms with Crippen molar-refractivity contribution in [1.29, 1.82) is 0 Å². The molecule has 4 aromatic carbocycles. The molecule has 1 heteroatoms. The van der Waals surface area contributed by atoms with E-state index in [0.29, 0.717) is 0 Å². The molecule has 0 N–H and O–H groups in total. The molecule has 0 fully saturated rings. The van der Waals surface area contributed by atoms with Gasteiger partial charge in [-0.05, 0) is 66.1 Å². The molecule has 0 heterocycles. The zero-order valence-corrected chi connectivity index (χ0v) is 22.1. The molecule has 1 nitrogen and oxygen atoms in total. The molecule has 4 aromatic rings. The van der Waals surface area contributed by atoms with Crippen LogP contribution in [0, 0.1) is 0 Å². The number of rotatable bonds is 4. The van der Waals surface area contributed by atoms with E-state index in [1.165, 1.54) is 44.8 Å². The fourth-order valence-corrected chi connectivity index (χ4v) is 5.83. The van der Waals surface area contributed by atoms with E-state index in [4.69, 9.17) is 0 Å². The molecule has 0 atom stereocenters. The number of hydrogen-bond acceptors (Lipinski definition) is 1. The maximum Gasteiger partial charge on any atom is 0.0498 e. The van der Waals surface area contributed by atoms with Crippen LogP contribution in [0.4, 0.5) is 11.4 Å². The maximum atomic E-state index is 9.22. The number of hydrogen-bond donors (Lipinski definition) is 0. The standard InChI is InChI=1S/C34H37N/c1-23(2)25-21-22-28-27-18-11-13-19-29(27)34(6,7)31(28)32(25)35(33(3,4)5)30-20-14-12-17-26(30)24-15-9-8-10-16-24/h8-23H,1-7H3/i23D. The molecule has 35 heavy (non-hydrogen) atoms. The van der Waals surface area contributed by atoms with E-state index in [1.54, 1.807) is 0 Å². The Labute approximate surface area is 212 Å². The molecule has 0 saturated carbocycles. The second-order valence-electron chi connectivity index (χ2n) is 11.4. The van der Waals surface area contributed by atoms with E-state index in [1.807, 2.05) is 13.8 Å². The fourth-order valence-electron chi connectivity index (χ4n) is 5.83. The van der Waals surface area contributed by atoms with Crippen LogP contribution >= 0.6 is 0 Å². The van der Waals surface area contributed by atoms with Crippen LogP contribution < -0.4 is 4.90 Å². The first-order valence-electron chi connectivity index (χ1n) is 13.1. The molecule has 0 aliphatic heterocycles. The fraction of sp³-hybridized carbons (Fsp3) is 0.294. The van der Waals surface area contributed by atoms with Gasteiger partial charge in [-0.3, -0.25) is 0 Å². The highest BCUT2D eigenvalue weighted by atomic mass is 15.2. The first-order chi connectivity index (χ1) is 16.9. The number of nitrogens with zero attached hydrogens (tertiary/aromatic N) is 1. The van der Waals surface area contributed by atoms with Crippen molar-refractivity contribution < 1.29 is 1.37 Å². The molecule has 0 aromatic heterocycles. The molecule has 0 amide bonds. The number of benzene rings is 4. The summed E-state index contributed by atoms with van der Waals surface area (Å²) >= 11 is 0. The van der Waals surface area contributed by atoms with Crippen LogP contribution in [0.15, 0.2) is 91.0 Å². The summed E-state index contributed by atoms with van der Waals surface area (Å²) in [6.45, 7) is 15.5. The Hall–Kier alpha value is -3.32. The number of para-hydroxylation sites is 1. The molecule has 0 spiro atoms. The average molecular weight is 461 g/mol. The second-order valence-corrected chi connectivity index (χ2v) is 11.4. The molecular weight excluding hydrogens is 422 g/mol. The first kappa shape index (κ1) is 22.2. The summed E-state index contributed by atoms with van der Waals surface area (Å²) < 4.78 is 9.22. The Bertz CT molecular complexity index is 1420. The third kappa shape index (κ3) is 3.78. The van der Waals surface area contributed by atoms with Crippen molar-refractivity contribution >= 4 is 11.4 Å². The van der Waals surface area contributed by atoms with E-state index in [0.717, 1.165) is 5.56 Å². The molecule has 0 saturated heterocycles. The van der Waals surface area contributed by atoms with E-state index >= 15 is 0 Å². The number of anilines is 2. The summed E-state index contributed by atoms with van der Waals surface area (Å²) in [7, 11) is 0. The highest BCUT2D eigenvalue weighted by Crippen LogP contribution is 2.56. The van der Waals surface area contributed by atoms with Crippen molar-refractivity contribution in [2.75, 3.05) is 4.90 Å². The zero-order chi connectivity index (χ0) is 25.9. The predicted molar refractivity (Wildman–Crippen MR) is 152 cm³/mol. The minimum absolute atomic E-state index is 0.187. The minimum Gasteiger partial charge on any atom is -0.335 e. The third-order valence-electron chi connectivity index (χ3n) is 7.36. The molecule has 1 aliphatic rings. The largest absolute Gasteiger partial charge is 0.335 e. The Kier molecular flexibility index (Phi) is 5.33. The van der Waals surface area contributed by atoms with Crippen molar-refractivity contribution in [3.8, 4) is 22.3 Å². The summed E-state index contributed by atoms with van der Waals surface area (Å²) in [5.74, 6) is -0.763. The summed E-state index contributed by atoms with van der Waals surface area (Å²) in [4.78, 5) is 2.51. The van der Waals surface area contributed by atoms with Gasteiger partial charge in [0.05, 0.1) is 0 Å². The molecule has 178 valence electrons. The summed E-state index contributed by atoms with van der Waals surface area (Å²) in [6, 6.07) is 32.6. The van der Waals surface area contributed by atoms with Gasteiger partial charge in [0.2, 0.25) is 0 Å². The van der Waals surface area contributed by atoms with E-state index in [-0.39, 0.29) is 11.0 Å². The van der Waals surface area contributed by atoms with Gasteiger partial charge in [0.15, 0.2) is 0 Å². The Morgan fingerprint density at radius 3 is 1.97 bits per heavy atom. The van der Waals surface area contributed by atoms with Crippen LogP contribution in [0.2, 0.25) is 0 Å². The van der Waals surface area contributed by atoms with Crippen LogP contribution in [0.1, 0.15) is 72.4 Å². The number of fused-ring (bicyclic) bond motifs is 3. The molecule has 0 unspecified atom stereocenters. The summed E-state index contributed by atoms with van der Waals surface area (Å²) in [5.41, 5.74) is 10.6. The highest BCUT2D eigenvalue weighted by molar-refractivity contribution is 5.92. The van der Waals surface area contributed by atoms with Gasteiger partial charge in [-0.2, -0.15) is 0 Å². The predicted octanol–water partition coefficient (Wildman–Crippen LogP) is 9.72. The normalized spacial score (nSPS) is 14.8. The molecule has 1 aliphatic carbocycles. The van der Waals surface area contributed by atoms with Crippen molar-refractivity contribution in [2.24, 2.45) is 0 Å². The van der Waals surface area contributed by atoms with Gasteiger partial charge in [-0.15, -0.1) is 0 Å². The smallest absolute Gasteiger partial charge is 0.0498 e. The minimum atomic E-state index is -0.763. The molecular formula is C34H37N. The van der Waals surface area contributed by atoms with Crippen LogP contribution in [0.5, 0.6) is 0 Å². The maximum absolute atomic E-state index is 9.22. The lowest BCUT2D eigenvalue weighted by molar-refractivity contribution is 0.550.